The zero-order valence-corrected chi connectivity index (χ0v) is 22.1. The average molecular weight is 545 g/mol. The van der Waals surface area contributed by atoms with Crippen molar-refractivity contribution in [3.8, 4) is 0 Å². The van der Waals surface area contributed by atoms with Gasteiger partial charge in [-0.05, 0) is 55.8 Å². The van der Waals surface area contributed by atoms with Gasteiger partial charge < -0.3 is 14.8 Å². The summed E-state index contributed by atoms with van der Waals surface area (Å²) in [7, 11) is -3.74. The lowest BCUT2D eigenvalue weighted by atomic mass is 9.98. The first kappa shape index (κ1) is 24.5. The number of amides is 1. The Morgan fingerprint density at radius 2 is 1.86 bits per heavy atom. The van der Waals surface area contributed by atoms with Gasteiger partial charge in [-0.15, -0.1) is 0 Å². The van der Waals surface area contributed by atoms with Crippen LogP contribution in [0.4, 0.5) is 10.8 Å². The summed E-state index contributed by atoms with van der Waals surface area (Å²) in [4.78, 5) is 24.7. The van der Waals surface area contributed by atoms with E-state index in [4.69, 9.17) is 11.6 Å². The molecule has 0 radical (unpaired) electrons. The standard InChI is InChI=1S/C24H25ClN6O3S2/c1-15(19-14-26-21-5-3-4-20(25)22(19)21)23(32)31-12-10-30(11-13-31)17-6-8-18(9-7-17)36(33,34)29-24-27-16(2)28-35-24/h3-9,14-15,26H,10-13H2,1-2H3,(H,27,28,29). The molecule has 188 valence electrons. The molecule has 1 saturated heterocycles. The summed E-state index contributed by atoms with van der Waals surface area (Å²) in [5, 5.41) is 1.76. The Labute approximate surface area is 218 Å². The molecule has 0 saturated carbocycles. The Kier molecular flexibility index (Phi) is 6.62. The lowest BCUT2D eigenvalue weighted by Gasteiger charge is -2.37. The summed E-state index contributed by atoms with van der Waals surface area (Å²) in [6, 6.07) is 12.4. The minimum absolute atomic E-state index is 0.0647. The van der Waals surface area contributed by atoms with Crippen molar-refractivity contribution >= 4 is 60.8 Å². The normalized spacial score (nSPS) is 15.3. The number of aromatic nitrogens is 3. The summed E-state index contributed by atoms with van der Waals surface area (Å²) in [6.07, 6.45) is 1.87. The molecule has 0 bridgehead atoms. The second-order valence-electron chi connectivity index (χ2n) is 8.69. The fourth-order valence-corrected chi connectivity index (χ4v) is 6.53. The van der Waals surface area contributed by atoms with Gasteiger partial charge in [-0.25, -0.2) is 13.4 Å². The number of H-pyrrole nitrogens is 1. The number of piperazine rings is 1. The number of sulfonamides is 1. The lowest BCUT2D eigenvalue weighted by Crippen LogP contribution is -2.49. The number of carbonyl (C=O) groups is 1. The predicted octanol–water partition coefficient (Wildman–Crippen LogP) is 4.23. The van der Waals surface area contributed by atoms with Crippen LogP contribution < -0.4 is 9.62 Å². The van der Waals surface area contributed by atoms with Gasteiger partial charge in [0.25, 0.3) is 10.0 Å². The second-order valence-corrected chi connectivity index (χ2v) is 11.5. The highest BCUT2D eigenvalue weighted by Crippen LogP contribution is 2.32. The summed E-state index contributed by atoms with van der Waals surface area (Å²) >= 11 is 7.41. The van der Waals surface area contributed by atoms with Crippen LogP contribution in [0.15, 0.2) is 53.6 Å². The highest BCUT2D eigenvalue weighted by atomic mass is 35.5. The molecule has 0 spiro atoms. The average Bonchev–Trinajstić information content (AvgIpc) is 3.49. The molecule has 36 heavy (non-hydrogen) atoms. The first-order valence-corrected chi connectivity index (χ1v) is 14.1. The number of benzene rings is 2. The van der Waals surface area contributed by atoms with Crippen LogP contribution in [0.3, 0.4) is 0 Å². The molecule has 0 aliphatic carbocycles. The predicted molar refractivity (Wildman–Crippen MR) is 142 cm³/mol. The fourth-order valence-electron chi connectivity index (χ4n) is 4.45. The van der Waals surface area contributed by atoms with E-state index in [1.54, 1.807) is 31.2 Å². The van der Waals surface area contributed by atoms with Gasteiger partial charge in [-0.3, -0.25) is 9.52 Å². The van der Waals surface area contributed by atoms with E-state index in [0.29, 0.717) is 37.0 Å². The molecule has 3 heterocycles. The van der Waals surface area contributed by atoms with Crippen molar-refractivity contribution in [2.75, 3.05) is 35.8 Å². The Bertz CT molecular complexity index is 1510. The highest BCUT2D eigenvalue weighted by Gasteiger charge is 2.28. The third-order valence-electron chi connectivity index (χ3n) is 6.38. The number of nitrogens with one attached hydrogen (secondary N) is 2. The summed E-state index contributed by atoms with van der Waals surface area (Å²) in [5.74, 6) is 0.263. The van der Waals surface area contributed by atoms with Crippen molar-refractivity contribution in [2.24, 2.45) is 0 Å². The third-order valence-corrected chi connectivity index (χ3v) is 8.90. The number of rotatable bonds is 6. The number of halogens is 1. The van der Waals surface area contributed by atoms with Crippen LogP contribution in [0.1, 0.15) is 24.2 Å². The summed E-state index contributed by atoms with van der Waals surface area (Å²) in [6.45, 7) is 6.09. The first-order valence-electron chi connectivity index (χ1n) is 11.5. The second kappa shape index (κ2) is 9.72. The molecule has 2 aromatic heterocycles. The molecule has 1 aliphatic rings. The molecule has 2 aromatic carbocycles. The molecule has 12 heteroatoms. The maximum atomic E-state index is 13.3. The van der Waals surface area contributed by atoms with Crippen molar-refractivity contribution < 1.29 is 13.2 Å². The SMILES string of the molecule is Cc1nsc(NS(=O)(=O)c2ccc(N3CCN(C(=O)C(C)c4c[nH]c5cccc(Cl)c45)CC3)cc2)n1. The van der Waals surface area contributed by atoms with E-state index in [1.807, 2.05) is 36.2 Å². The van der Waals surface area contributed by atoms with Crippen molar-refractivity contribution in [1.29, 1.82) is 0 Å². The van der Waals surface area contributed by atoms with Crippen LogP contribution in [-0.2, 0) is 14.8 Å². The van der Waals surface area contributed by atoms with Crippen LogP contribution in [0.2, 0.25) is 5.02 Å². The Balaban J connectivity index is 1.22. The van der Waals surface area contributed by atoms with E-state index >= 15 is 0 Å². The van der Waals surface area contributed by atoms with Gasteiger partial charge in [0.1, 0.15) is 5.82 Å². The minimum atomic E-state index is -3.74. The number of anilines is 2. The maximum Gasteiger partial charge on any atom is 0.263 e. The molecule has 1 fully saturated rings. The molecule has 5 rings (SSSR count). The zero-order chi connectivity index (χ0) is 25.4. The first-order chi connectivity index (χ1) is 17.2. The van der Waals surface area contributed by atoms with E-state index in [9.17, 15) is 13.2 Å². The fraction of sp³-hybridized carbons (Fsp3) is 0.292. The molecular weight excluding hydrogens is 520 g/mol. The quantitative estimate of drug-likeness (QED) is 0.376. The smallest absolute Gasteiger partial charge is 0.263 e. The number of nitrogens with zero attached hydrogens (tertiary/aromatic N) is 4. The number of carbonyl (C=O) groups excluding carboxylic acids is 1. The van der Waals surface area contributed by atoms with Gasteiger partial charge in [0.05, 0.1) is 15.8 Å². The lowest BCUT2D eigenvalue weighted by molar-refractivity contribution is -0.132. The molecule has 1 atom stereocenters. The van der Waals surface area contributed by atoms with Gasteiger partial charge in [0.15, 0.2) is 0 Å². The Morgan fingerprint density at radius 1 is 1.14 bits per heavy atom. The monoisotopic (exact) mass is 544 g/mol. The zero-order valence-electron chi connectivity index (χ0n) is 19.7. The van der Waals surface area contributed by atoms with Gasteiger partial charge in [-0.1, -0.05) is 17.7 Å². The highest BCUT2D eigenvalue weighted by molar-refractivity contribution is 7.93. The largest absolute Gasteiger partial charge is 0.368 e. The summed E-state index contributed by atoms with van der Waals surface area (Å²) < 4.78 is 31.7. The van der Waals surface area contributed by atoms with Gasteiger partial charge in [0, 0.05) is 60.5 Å². The van der Waals surface area contributed by atoms with Crippen LogP contribution in [0.5, 0.6) is 0 Å². The summed E-state index contributed by atoms with van der Waals surface area (Å²) in [5.41, 5.74) is 2.72. The van der Waals surface area contributed by atoms with Gasteiger partial charge in [0.2, 0.25) is 11.0 Å². The molecular formula is C24H25ClN6O3S2. The molecule has 1 aliphatic heterocycles. The Morgan fingerprint density at radius 3 is 2.53 bits per heavy atom. The maximum absolute atomic E-state index is 13.3. The molecule has 1 unspecified atom stereocenters. The topological polar surface area (TPSA) is 111 Å². The van der Waals surface area contributed by atoms with E-state index in [2.05, 4.69) is 24.0 Å². The molecule has 9 nitrogen and oxygen atoms in total. The number of aryl methyl sites for hydroxylation is 1. The number of hydrogen-bond acceptors (Lipinski definition) is 7. The van der Waals surface area contributed by atoms with E-state index in [1.165, 1.54) is 0 Å². The Hall–Kier alpha value is -3.15. The van der Waals surface area contributed by atoms with E-state index in [-0.39, 0.29) is 21.9 Å². The molecule has 4 aromatic rings. The molecule has 1 amide bonds. The van der Waals surface area contributed by atoms with Crippen LogP contribution >= 0.6 is 23.1 Å². The van der Waals surface area contributed by atoms with Crippen molar-refractivity contribution in [3.63, 3.8) is 0 Å². The molecule has 2 N–H and O–H groups in total. The van der Waals surface area contributed by atoms with Crippen LogP contribution in [0, 0.1) is 6.92 Å². The van der Waals surface area contributed by atoms with Crippen molar-refractivity contribution in [2.45, 2.75) is 24.7 Å². The number of hydrogen-bond donors (Lipinski definition) is 2. The van der Waals surface area contributed by atoms with Gasteiger partial charge in [-0.2, -0.15) is 4.37 Å². The van der Waals surface area contributed by atoms with Crippen LogP contribution in [0.25, 0.3) is 10.9 Å². The van der Waals surface area contributed by atoms with Crippen molar-refractivity contribution in [3.05, 3.63) is 65.1 Å². The van der Waals surface area contributed by atoms with Gasteiger partial charge >= 0.3 is 0 Å². The third kappa shape index (κ3) is 4.78. The number of aromatic amines is 1. The van der Waals surface area contributed by atoms with E-state index in [0.717, 1.165) is 33.7 Å². The van der Waals surface area contributed by atoms with Crippen LogP contribution in [-0.4, -0.2) is 59.7 Å². The van der Waals surface area contributed by atoms with Crippen molar-refractivity contribution in [1.82, 2.24) is 19.2 Å². The van der Waals surface area contributed by atoms with E-state index < -0.39 is 10.0 Å². The minimum Gasteiger partial charge on any atom is -0.368 e. The number of fused-ring (bicyclic) bond motifs is 1.